The second-order valence-corrected chi connectivity index (χ2v) is 15.4. The molecule has 2 unspecified atom stereocenters. The van der Waals surface area contributed by atoms with Crippen LogP contribution in [-0.2, 0) is 4.79 Å². The molecule has 0 aliphatic carbocycles. The van der Waals surface area contributed by atoms with E-state index in [0.717, 1.165) is 51.4 Å². The van der Waals surface area contributed by atoms with Crippen LogP contribution >= 0.6 is 0 Å². The average Bonchev–Trinajstić information content (AvgIpc) is 3.18. The van der Waals surface area contributed by atoms with Crippen molar-refractivity contribution in [2.75, 3.05) is 6.61 Å². The maximum Gasteiger partial charge on any atom is 0.220 e. The van der Waals surface area contributed by atoms with E-state index in [4.69, 9.17) is 0 Å². The molecule has 4 nitrogen and oxygen atoms in total. The van der Waals surface area contributed by atoms with Crippen LogP contribution < -0.4 is 5.32 Å². The van der Waals surface area contributed by atoms with Gasteiger partial charge >= 0.3 is 0 Å². The largest absolute Gasteiger partial charge is 0.394 e. The molecule has 3 N–H and O–H groups in total. The Balaban J connectivity index is 3.60. The zero-order valence-corrected chi connectivity index (χ0v) is 35.7. The van der Waals surface area contributed by atoms with Crippen LogP contribution in [0.1, 0.15) is 219 Å². The molecule has 0 rings (SSSR count). The minimum absolute atomic E-state index is 0.0828. The molecular formula is C50H89NO3. The lowest BCUT2D eigenvalue weighted by Gasteiger charge is -2.19. The fourth-order valence-corrected chi connectivity index (χ4v) is 6.57. The molecule has 0 aromatic rings. The molecule has 1 amide bonds. The Bertz CT molecular complexity index is 946. The monoisotopic (exact) mass is 752 g/mol. The van der Waals surface area contributed by atoms with E-state index in [1.807, 2.05) is 6.08 Å². The number of nitrogens with one attached hydrogen (secondary N) is 1. The summed E-state index contributed by atoms with van der Waals surface area (Å²) in [6, 6.07) is -0.649. The van der Waals surface area contributed by atoms with Crippen molar-refractivity contribution in [3.8, 4) is 0 Å². The summed E-state index contributed by atoms with van der Waals surface area (Å²) in [6.07, 6.45) is 64.4. The van der Waals surface area contributed by atoms with Gasteiger partial charge in [-0.2, -0.15) is 0 Å². The van der Waals surface area contributed by atoms with E-state index >= 15 is 0 Å². The van der Waals surface area contributed by atoms with Crippen molar-refractivity contribution >= 4 is 5.91 Å². The molecule has 0 saturated carbocycles. The second kappa shape index (κ2) is 45.2. The SMILES string of the molecule is CCCCCCC/C=C\C/C=C\C/C=C\CCCCCCCCCCCCCCC(=O)NC(CO)C(O)/C=C/CC/C=C/CC/C=C/CCCCCCC. The second-order valence-electron chi connectivity index (χ2n) is 15.4. The third-order valence-corrected chi connectivity index (χ3v) is 10.1. The highest BCUT2D eigenvalue weighted by molar-refractivity contribution is 5.76. The Morgan fingerprint density at radius 3 is 1.20 bits per heavy atom. The minimum atomic E-state index is -0.873. The number of amides is 1. The fraction of sp³-hybridized carbons (Fsp3) is 0.740. The molecule has 0 aliphatic rings. The number of aliphatic hydroxyl groups excluding tert-OH is 2. The third kappa shape index (κ3) is 41.0. The predicted octanol–water partition coefficient (Wildman–Crippen LogP) is 14.7. The highest BCUT2D eigenvalue weighted by Gasteiger charge is 2.17. The molecule has 2 atom stereocenters. The van der Waals surface area contributed by atoms with Gasteiger partial charge in [-0.05, 0) is 83.5 Å². The zero-order valence-electron chi connectivity index (χ0n) is 35.7. The van der Waals surface area contributed by atoms with Crippen molar-refractivity contribution in [2.45, 2.75) is 231 Å². The molecular weight excluding hydrogens is 663 g/mol. The van der Waals surface area contributed by atoms with Gasteiger partial charge in [0.1, 0.15) is 0 Å². The van der Waals surface area contributed by atoms with Gasteiger partial charge in [0.2, 0.25) is 5.91 Å². The van der Waals surface area contributed by atoms with Crippen LogP contribution in [0.15, 0.2) is 72.9 Å². The van der Waals surface area contributed by atoms with Gasteiger partial charge in [0, 0.05) is 6.42 Å². The number of rotatable bonds is 41. The van der Waals surface area contributed by atoms with Crippen LogP contribution in [0.4, 0.5) is 0 Å². The first-order valence-corrected chi connectivity index (χ1v) is 23.2. The van der Waals surface area contributed by atoms with Gasteiger partial charge in [-0.25, -0.2) is 0 Å². The number of carbonyl (C=O) groups is 1. The number of hydrogen-bond donors (Lipinski definition) is 3. The van der Waals surface area contributed by atoms with E-state index in [1.165, 1.54) is 148 Å². The number of allylic oxidation sites excluding steroid dienone is 11. The summed E-state index contributed by atoms with van der Waals surface area (Å²) in [6.45, 7) is 4.26. The first kappa shape index (κ1) is 51.8. The molecule has 4 heteroatoms. The number of aliphatic hydroxyl groups is 2. The molecule has 0 spiro atoms. The summed E-state index contributed by atoms with van der Waals surface area (Å²) < 4.78 is 0. The average molecular weight is 752 g/mol. The summed E-state index contributed by atoms with van der Waals surface area (Å²) >= 11 is 0. The van der Waals surface area contributed by atoms with Gasteiger partial charge in [-0.1, -0.05) is 202 Å². The zero-order chi connectivity index (χ0) is 39.3. The van der Waals surface area contributed by atoms with Gasteiger partial charge in [0.25, 0.3) is 0 Å². The van der Waals surface area contributed by atoms with Crippen LogP contribution in [0, 0.1) is 0 Å². The van der Waals surface area contributed by atoms with E-state index in [0.29, 0.717) is 6.42 Å². The van der Waals surface area contributed by atoms with Gasteiger partial charge in [-0.3, -0.25) is 4.79 Å². The number of unbranched alkanes of at least 4 members (excludes halogenated alkanes) is 24. The molecule has 0 aromatic heterocycles. The molecule has 0 saturated heterocycles. The van der Waals surface area contributed by atoms with Crippen LogP contribution in [-0.4, -0.2) is 34.9 Å². The number of carbonyl (C=O) groups excluding carboxylic acids is 1. The van der Waals surface area contributed by atoms with E-state index < -0.39 is 12.1 Å². The van der Waals surface area contributed by atoms with Gasteiger partial charge < -0.3 is 15.5 Å². The summed E-state index contributed by atoms with van der Waals surface area (Å²) in [5.41, 5.74) is 0. The van der Waals surface area contributed by atoms with Crippen LogP contribution in [0.3, 0.4) is 0 Å². The standard InChI is InChI=1S/C50H89NO3/c1-3-5-7-9-11-13-15-17-19-20-21-22-23-24-25-26-27-28-29-30-32-34-36-38-40-42-44-46-50(54)51-48(47-52)49(53)45-43-41-39-37-35-33-31-18-16-14-12-10-8-6-4-2/h15-18,20-21,23-24,35,37,43,45,48-49,52-53H,3-14,19,22,25-34,36,38-42,44,46-47H2,1-2H3,(H,51,54)/b17-15-,18-16+,21-20-,24-23-,37-35+,45-43+. The summed E-state index contributed by atoms with van der Waals surface area (Å²) in [7, 11) is 0. The Morgan fingerprint density at radius 1 is 0.444 bits per heavy atom. The van der Waals surface area contributed by atoms with Crippen molar-refractivity contribution in [1.82, 2.24) is 5.32 Å². The van der Waals surface area contributed by atoms with Crippen molar-refractivity contribution in [2.24, 2.45) is 0 Å². The molecule has 0 radical (unpaired) electrons. The Morgan fingerprint density at radius 2 is 0.778 bits per heavy atom. The highest BCUT2D eigenvalue weighted by atomic mass is 16.3. The lowest BCUT2D eigenvalue weighted by atomic mass is 10.0. The van der Waals surface area contributed by atoms with Crippen molar-refractivity contribution in [1.29, 1.82) is 0 Å². The topological polar surface area (TPSA) is 69.6 Å². The van der Waals surface area contributed by atoms with Crippen molar-refractivity contribution < 1.29 is 15.0 Å². The molecule has 54 heavy (non-hydrogen) atoms. The summed E-state index contributed by atoms with van der Waals surface area (Å²) in [4.78, 5) is 12.4. The lowest BCUT2D eigenvalue weighted by Crippen LogP contribution is -2.45. The molecule has 312 valence electrons. The normalized spacial score (nSPS) is 13.6. The Labute approximate surface area is 336 Å². The van der Waals surface area contributed by atoms with Crippen molar-refractivity contribution in [3.05, 3.63) is 72.9 Å². The molecule has 0 bridgehead atoms. The quantitative estimate of drug-likeness (QED) is 0.0430. The van der Waals surface area contributed by atoms with Crippen LogP contribution in [0.5, 0.6) is 0 Å². The fourth-order valence-electron chi connectivity index (χ4n) is 6.57. The van der Waals surface area contributed by atoms with Crippen LogP contribution in [0.2, 0.25) is 0 Å². The Kier molecular flexibility index (Phi) is 43.4. The highest BCUT2D eigenvalue weighted by Crippen LogP contribution is 2.14. The van der Waals surface area contributed by atoms with Gasteiger partial charge in [-0.15, -0.1) is 0 Å². The van der Waals surface area contributed by atoms with E-state index in [1.54, 1.807) is 6.08 Å². The van der Waals surface area contributed by atoms with Gasteiger partial charge in [0.05, 0.1) is 18.8 Å². The summed E-state index contributed by atoms with van der Waals surface area (Å²) in [5, 5.41) is 23.0. The van der Waals surface area contributed by atoms with Gasteiger partial charge in [0.15, 0.2) is 0 Å². The first-order chi connectivity index (χ1) is 26.7. The van der Waals surface area contributed by atoms with Crippen LogP contribution in [0.25, 0.3) is 0 Å². The molecule has 0 aliphatic heterocycles. The van der Waals surface area contributed by atoms with E-state index in [-0.39, 0.29) is 12.5 Å². The predicted molar refractivity (Wildman–Crippen MR) is 239 cm³/mol. The van der Waals surface area contributed by atoms with E-state index in [9.17, 15) is 15.0 Å². The molecule has 0 fully saturated rings. The molecule has 0 heterocycles. The lowest BCUT2D eigenvalue weighted by molar-refractivity contribution is -0.123. The maximum absolute atomic E-state index is 12.4. The Hall–Kier alpha value is -2.17. The molecule has 0 aromatic carbocycles. The number of hydrogen-bond acceptors (Lipinski definition) is 3. The summed E-state index contributed by atoms with van der Waals surface area (Å²) in [5.74, 6) is -0.0828. The van der Waals surface area contributed by atoms with E-state index in [2.05, 4.69) is 79.9 Å². The van der Waals surface area contributed by atoms with Crippen molar-refractivity contribution in [3.63, 3.8) is 0 Å². The third-order valence-electron chi connectivity index (χ3n) is 10.1. The minimum Gasteiger partial charge on any atom is -0.394 e. The first-order valence-electron chi connectivity index (χ1n) is 23.2. The maximum atomic E-state index is 12.4. The smallest absolute Gasteiger partial charge is 0.220 e.